The van der Waals surface area contributed by atoms with Crippen molar-refractivity contribution in [2.24, 2.45) is 0 Å². The molecule has 1 amide bonds. The number of carbonyl (C=O) groups is 1. The average Bonchev–Trinajstić information content (AvgIpc) is 2.80. The molecule has 0 aliphatic carbocycles. The molecule has 21 heavy (non-hydrogen) atoms. The lowest BCUT2D eigenvalue weighted by atomic mass is 10.1. The van der Waals surface area contributed by atoms with E-state index in [1.165, 1.54) is 0 Å². The van der Waals surface area contributed by atoms with Crippen molar-refractivity contribution in [2.45, 2.75) is 24.8 Å². The standard InChI is InChI=1S/C14H14Cl3N3O/c1-19-7-8(2-3-14(19)21)20-12-5-10(17)9(16)4-11(12)18-13(20)6-15/h4-5,8H,2-3,6-7H2,1H3. The van der Waals surface area contributed by atoms with E-state index in [4.69, 9.17) is 34.8 Å². The first-order valence-corrected chi connectivity index (χ1v) is 7.96. The van der Waals surface area contributed by atoms with Gasteiger partial charge in [0.2, 0.25) is 5.91 Å². The van der Waals surface area contributed by atoms with E-state index in [1.807, 2.05) is 13.1 Å². The molecule has 1 atom stereocenters. The zero-order valence-electron chi connectivity index (χ0n) is 11.4. The van der Waals surface area contributed by atoms with Crippen molar-refractivity contribution in [2.75, 3.05) is 13.6 Å². The first-order valence-electron chi connectivity index (χ1n) is 6.67. The lowest BCUT2D eigenvalue weighted by Crippen LogP contribution is -2.38. The number of likely N-dealkylation sites (tertiary alicyclic amines) is 1. The molecule has 2 heterocycles. The molecule has 2 aromatic rings. The van der Waals surface area contributed by atoms with Gasteiger partial charge in [-0.15, -0.1) is 11.6 Å². The fourth-order valence-corrected chi connectivity index (χ4v) is 3.35. The van der Waals surface area contributed by atoms with Gasteiger partial charge in [0.25, 0.3) is 0 Å². The first-order chi connectivity index (χ1) is 10.0. The number of carbonyl (C=O) groups excluding carboxylic acids is 1. The molecule has 1 aromatic heterocycles. The van der Waals surface area contributed by atoms with Gasteiger partial charge in [0.05, 0.1) is 33.0 Å². The predicted molar refractivity (Wildman–Crippen MR) is 85.2 cm³/mol. The van der Waals surface area contributed by atoms with Crippen LogP contribution in [-0.4, -0.2) is 34.0 Å². The summed E-state index contributed by atoms with van der Waals surface area (Å²) in [5.41, 5.74) is 1.69. The Balaban J connectivity index is 2.12. The predicted octanol–water partition coefficient (Wildman–Crippen LogP) is 3.88. The minimum Gasteiger partial charge on any atom is -0.344 e. The molecule has 112 valence electrons. The number of fused-ring (bicyclic) bond motifs is 1. The van der Waals surface area contributed by atoms with E-state index in [-0.39, 0.29) is 11.9 Å². The molecular weight excluding hydrogens is 333 g/mol. The van der Waals surface area contributed by atoms with Crippen LogP contribution < -0.4 is 0 Å². The number of hydrogen-bond acceptors (Lipinski definition) is 2. The van der Waals surface area contributed by atoms with Crippen molar-refractivity contribution in [3.63, 3.8) is 0 Å². The molecule has 1 fully saturated rings. The Morgan fingerprint density at radius 2 is 2.05 bits per heavy atom. The van der Waals surface area contributed by atoms with E-state index in [1.54, 1.807) is 11.0 Å². The van der Waals surface area contributed by atoms with E-state index in [0.29, 0.717) is 28.9 Å². The zero-order valence-corrected chi connectivity index (χ0v) is 13.7. The van der Waals surface area contributed by atoms with E-state index < -0.39 is 0 Å². The van der Waals surface area contributed by atoms with Gasteiger partial charge in [-0.3, -0.25) is 4.79 Å². The van der Waals surface area contributed by atoms with Crippen molar-refractivity contribution in [1.82, 2.24) is 14.5 Å². The second-order valence-corrected chi connectivity index (χ2v) is 6.34. The van der Waals surface area contributed by atoms with Gasteiger partial charge >= 0.3 is 0 Å². The third kappa shape index (κ3) is 2.60. The lowest BCUT2D eigenvalue weighted by molar-refractivity contribution is -0.132. The number of benzene rings is 1. The highest BCUT2D eigenvalue weighted by atomic mass is 35.5. The number of likely N-dealkylation sites (N-methyl/N-ethyl adjacent to an activating group) is 1. The topological polar surface area (TPSA) is 38.1 Å². The second kappa shape index (κ2) is 5.67. The van der Waals surface area contributed by atoms with Crippen LogP contribution >= 0.6 is 34.8 Å². The van der Waals surface area contributed by atoms with Crippen molar-refractivity contribution < 1.29 is 4.79 Å². The summed E-state index contributed by atoms with van der Waals surface area (Å²) in [5.74, 6) is 1.25. The molecule has 0 radical (unpaired) electrons. The molecular formula is C14H14Cl3N3O. The van der Waals surface area contributed by atoms with Crippen LogP contribution in [0.25, 0.3) is 11.0 Å². The fourth-order valence-electron chi connectivity index (χ4n) is 2.84. The third-order valence-corrected chi connectivity index (χ3v) is 4.85. The van der Waals surface area contributed by atoms with Crippen molar-refractivity contribution in [1.29, 1.82) is 0 Å². The Hall–Kier alpha value is -0.970. The molecule has 0 spiro atoms. The van der Waals surface area contributed by atoms with Gasteiger partial charge in [0.15, 0.2) is 0 Å². The number of rotatable bonds is 2. The second-order valence-electron chi connectivity index (χ2n) is 5.25. The van der Waals surface area contributed by atoms with Crippen LogP contribution in [0.15, 0.2) is 12.1 Å². The summed E-state index contributed by atoms with van der Waals surface area (Å²) in [4.78, 5) is 17.9. The van der Waals surface area contributed by atoms with Gasteiger partial charge in [0, 0.05) is 20.0 Å². The third-order valence-electron chi connectivity index (χ3n) is 3.89. The molecule has 0 bridgehead atoms. The number of nitrogens with zero attached hydrogens (tertiary/aromatic N) is 3. The lowest BCUT2D eigenvalue weighted by Gasteiger charge is -2.31. The fraction of sp³-hybridized carbons (Fsp3) is 0.429. The molecule has 1 aromatic carbocycles. The number of hydrogen-bond donors (Lipinski definition) is 0. The zero-order chi connectivity index (χ0) is 15.1. The minimum atomic E-state index is 0.156. The quantitative estimate of drug-likeness (QED) is 0.774. The van der Waals surface area contributed by atoms with Crippen LogP contribution in [0.1, 0.15) is 24.7 Å². The van der Waals surface area contributed by atoms with Crippen LogP contribution in [0.4, 0.5) is 0 Å². The molecule has 1 unspecified atom stereocenters. The van der Waals surface area contributed by atoms with Gasteiger partial charge in [0.1, 0.15) is 5.82 Å². The number of imidazole rings is 1. The Morgan fingerprint density at radius 3 is 2.71 bits per heavy atom. The Kier molecular flexibility index (Phi) is 4.04. The van der Waals surface area contributed by atoms with E-state index in [2.05, 4.69) is 9.55 Å². The van der Waals surface area contributed by atoms with E-state index in [9.17, 15) is 4.79 Å². The first kappa shape index (κ1) is 14.9. The molecule has 0 saturated carbocycles. The smallest absolute Gasteiger partial charge is 0.222 e. The molecule has 1 aliphatic rings. The van der Waals surface area contributed by atoms with E-state index in [0.717, 1.165) is 23.3 Å². The highest BCUT2D eigenvalue weighted by Gasteiger charge is 2.27. The van der Waals surface area contributed by atoms with E-state index >= 15 is 0 Å². The highest BCUT2D eigenvalue weighted by Crippen LogP contribution is 2.33. The van der Waals surface area contributed by atoms with Crippen molar-refractivity contribution in [3.05, 3.63) is 28.0 Å². The van der Waals surface area contributed by atoms with Gasteiger partial charge in [-0.05, 0) is 18.6 Å². The number of amides is 1. The number of piperidine rings is 1. The Morgan fingerprint density at radius 1 is 1.33 bits per heavy atom. The van der Waals surface area contributed by atoms with Crippen LogP contribution in [-0.2, 0) is 10.7 Å². The molecule has 1 aliphatic heterocycles. The van der Waals surface area contributed by atoms with Crippen LogP contribution in [0.5, 0.6) is 0 Å². The minimum absolute atomic E-state index is 0.156. The van der Waals surface area contributed by atoms with Gasteiger partial charge in [-0.1, -0.05) is 23.2 Å². The van der Waals surface area contributed by atoms with Gasteiger partial charge < -0.3 is 9.47 Å². The normalized spacial score (nSPS) is 19.5. The van der Waals surface area contributed by atoms with Crippen LogP contribution in [0.2, 0.25) is 10.0 Å². The molecule has 7 heteroatoms. The summed E-state index contributed by atoms with van der Waals surface area (Å²) in [6.07, 6.45) is 1.31. The van der Waals surface area contributed by atoms with Gasteiger partial charge in [-0.2, -0.15) is 0 Å². The monoisotopic (exact) mass is 345 g/mol. The summed E-state index contributed by atoms with van der Waals surface area (Å²) in [5, 5.41) is 0.970. The Bertz CT molecular complexity index is 713. The molecule has 1 saturated heterocycles. The Labute approximate surface area is 137 Å². The van der Waals surface area contributed by atoms with Crippen LogP contribution in [0.3, 0.4) is 0 Å². The van der Waals surface area contributed by atoms with Crippen LogP contribution in [0, 0.1) is 0 Å². The SMILES string of the molecule is CN1CC(n2c(CCl)nc3cc(Cl)c(Cl)cc32)CCC1=O. The number of alkyl halides is 1. The molecule has 0 N–H and O–H groups in total. The van der Waals surface area contributed by atoms with Crippen molar-refractivity contribution >= 4 is 51.7 Å². The summed E-state index contributed by atoms with van der Waals surface area (Å²) < 4.78 is 2.09. The maximum Gasteiger partial charge on any atom is 0.222 e. The number of halogens is 3. The highest BCUT2D eigenvalue weighted by molar-refractivity contribution is 6.42. The van der Waals surface area contributed by atoms with Crippen molar-refractivity contribution in [3.8, 4) is 0 Å². The summed E-state index contributed by atoms with van der Waals surface area (Å²) in [6, 6.07) is 3.73. The number of aromatic nitrogens is 2. The van der Waals surface area contributed by atoms with Gasteiger partial charge in [-0.25, -0.2) is 4.98 Å². The average molecular weight is 347 g/mol. The maximum absolute atomic E-state index is 11.7. The molecule has 3 rings (SSSR count). The summed E-state index contributed by atoms with van der Waals surface area (Å²) in [6.45, 7) is 0.647. The summed E-state index contributed by atoms with van der Waals surface area (Å²) >= 11 is 18.2. The largest absolute Gasteiger partial charge is 0.344 e. The molecule has 4 nitrogen and oxygen atoms in total. The summed E-state index contributed by atoms with van der Waals surface area (Å²) in [7, 11) is 1.82. The maximum atomic E-state index is 11.7.